The van der Waals surface area contributed by atoms with E-state index in [9.17, 15) is 29.6 Å². The number of Topliss-reactive ketones (excluding diaryl/α,β-unsaturated/α-hetero) is 1. The second-order valence-corrected chi connectivity index (χ2v) is 5.85. The maximum absolute atomic E-state index is 12.0. The molecule has 0 saturated carbocycles. The number of carbonyl (C=O) groups is 3. The van der Waals surface area contributed by atoms with Crippen molar-refractivity contribution >= 4 is 23.4 Å². The Morgan fingerprint density at radius 2 is 1.63 bits per heavy atom. The van der Waals surface area contributed by atoms with Gasteiger partial charge in [0.2, 0.25) is 5.78 Å². The third-order valence-electron chi connectivity index (χ3n) is 3.85. The molecule has 0 bridgehead atoms. The molecule has 0 fully saturated rings. The first-order chi connectivity index (χ1) is 12.9. The van der Waals surface area contributed by atoms with E-state index in [2.05, 4.69) is 0 Å². The van der Waals surface area contributed by atoms with Gasteiger partial charge in [0.05, 0.1) is 10.8 Å². The Balaban J connectivity index is 1.90. The fourth-order valence-electron chi connectivity index (χ4n) is 2.40. The Morgan fingerprint density at radius 1 is 1.00 bits per heavy atom. The van der Waals surface area contributed by atoms with Gasteiger partial charge in [0, 0.05) is 18.6 Å². The minimum absolute atomic E-state index is 0.105. The molecule has 8 heteroatoms. The van der Waals surface area contributed by atoms with Crippen LogP contribution in [0.1, 0.15) is 17.5 Å². The standard InChI is InChI=1S/C19H17NO7/c21-17(11-15(18(22)23)10-13-4-2-1-3-5-13)19(24)27-12-14-6-8-16(9-7-14)20(25)26/h1-9,15H,10-12H2,(H,22,23). The monoisotopic (exact) mass is 371 g/mol. The van der Waals surface area contributed by atoms with Crippen molar-refractivity contribution in [3.63, 3.8) is 0 Å². The summed E-state index contributed by atoms with van der Waals surface area (Å²) in [6, 6.07) is 14.1. The SMILES string of the molecule is O=C(CC(Cc1ccccc1)C(=O)O)C(=O)OCc1ccc([N+](=O)[O-])cc1. The lowest BCUT2D eigenvalue weighted by Gasteiger charge is -2.11. The number of nitro groups is 1. The Morgan fingerprint density at radius 3 is 2.19 bits per heavy atom. The van der Waals surface area contributed by atoms with Crippen LogP contribution < -0.4 is 0 Å². The summed E-state index contributed by atoms with van der Waals surface area (Å²) in [4.78, 5) is 45.2. The smallest absolute Gasteiger partial charge is 0.374 e. The number of non-ortho nitro benzene ring substituents is 1. The summed E-state index contributed by atoms with van der Waals surface area (Å²) in [7, 11) is 0. The topological polar surface area (TPSA) is 124 Å². The number of rotatable bonds is 9. The number of carbonyl (C=O) groups excluding carboxylic acids is 2. The first-order valence-electron chi connectivity index (χ1n) is 8.07. The van der Waals surface area contributed by atoms with E-state index in [0.717, 1.165) is 5.56 Å². The molecule has 27 heavy (non-hydrogen) atoms. The number of carboxylic acids is 1. The van der Waals surface area contributed by atoms with Crippen LogP contribution in [0.25, 0.3) is 0 Å². The van der Waals surface area contributed by atoms with E-state index in [-0.39, 0.29) is 18.7 Å². The van der Waals surface area contributed by atoms with Gasteiger partial charge >= 0.3 is 11.9 Å². The summed E-state index contributed by atoms with van der Waals surface area (Å²) in [6.45, 7) is -0.237. The first-order valence-corrected chi connectivity index (χ1v) is 8.07. The molecule has 0 radical (unpaired) electrons. The third kappa shape index (κ3) is 6.03. The molecule has 2 rings (SSSR count). The highest BCUT2D eigenvalue weighted by molar-refractivity contribution is 6.33. The molecular formula is C19H17NO7. The van der Waals surface area contributed by atoms with E-state index < -0.39 is 35.0 Å². The van der Waals surface area contributed by atoms with Crippen LogP contribution in [-0.2, 0) is 32.1 Å². The maximum atomic E-state index is 12.0. The Hall–Kier alpha value is -3.55. The van der Waals surface area contributed by atoms with Crippen LogP contribution >= 0.6 is 0 Å². The molecule has 0 aliphatic carbocycles. The fraction of sp³-hybridized carbons (Fsp3) is 0.211. The molecule has 0 aromatic heterocycles. The van der Waals surface area contributed by atoms with Crippen LogP contribution in [0.4, 0.5) is 5.69 Å². The number of nitro benzene ring substituents is 1. The maximum Gasteiger partial charge on any atom is 0.374 e. The molecular weight excluding hydrogens is 354 g/mol. The largest absolute Gasteiger partial charge is 0.481 e. The number of aliphatic carboxylic acids is 1. The molecule has 0 spiro atoms. The van der Waals surface area contributed by atoms with Crippen LogP contribution in [0.3, 0.4) is 0 Å². The van der Waals surface area contributed by atoms with Crippen molar-refractivity contribution in [3.05, 3.63) is 75.8 Å². The number of ether oxygens (including phenoxy) is 1. The second kappa shape index (κ2) is 9.23. The van der Waals surface area contributed by atoms with Gasteiger partial charge in [-0.2, -0.15) is 0 Å². The van der Waals surface area contributed by atoms with E-state index >= 15 is 0 Å². The van der Waals surface area contributed by atoms with Crippen LogP contribution in [0.5, 0.6) is 0 Å². The zero-order chi connectivity index (χ0) is 19.8. The van der Waals surface area contributed by atoms with Gasteiger partial charge in [-0.15, -0.1) is 0 Å². The van der Waals surface area contributed by atoms with Crippen LogP contribution in [0, 0.1) is 16.0 Å². The summed E-state index contributed by atoms with van der Waals surface area (Å²) < 4.78 is 4.87. The zero-order valence-electron chi connectivity index (χ0n) is 14.2. The minimum Gasteiger partial charge on any atom is -0.481 e. The van der Waals surface area contributed by atoms with Crippen LogP contribution in [0.15, 0.2) is 54.6 Å². The first kappa shape index (κ1) is 19.8. The molecule has 2 aromatic carbocycles. The minimum atomic E-state index is -1.17. The molecule has 140 valence electrons. The van der Waals surface area contributed by atoms with E-state index in [1.165, 1.54) is 24.3 Å². The van der Waals surface area contributed by atoms with Crippen molar-refractivity contribution in [1.29, 1.82) is 0 Å². The summed E-state index contributed by atoms with van der Waals surface area (Å²) >= 11 is 0. The third-order valence-corrected chi connectivity index (χ3v) is 3.85. The average molecular weight is 371 g/mol. The predicted octanol–water partition coefficient (Wildman–Crippen LogP) is 2.54. The molecule has 1 atom stereocenters. The summed E-state index contributed by atoms with van der Waals surface area (Å²) in [6.07, 6.45) is -0.346. The van der Waals surface area contributed by atoms with Gasteiger partial charge in [-0.05, 0) is 29.7 Å². The lowest BCUT2D eigenvalue weighted by atomic mass is 9.94. The van der Waals surface area contributed by atoms with E-state index in [1.54, 1.807) is 30.3 Å². The van der Waals surface area contributed by atoms with Crippen molar-refractivity contribution < 1.29 is 29.2 Å². The molecule has 0 saturated heterocycles. The number of hydrogen-bond acceptors (Lipinski definition) is 6. The number of carboxylic acid groups (broad SMARTS) is 1. The Bertz CT molecular complexity index is 831. The second-order valence-electron chi connectivity index (χ2n) is 5.85. The van der Waals surface area contributed by atoms with Gasteiger partial charge in [-0.3, -0.25) is 19.7 Å². The van der Waals surface area contributed by atoms with Gasteiger partial charge in [-0.1, -0.05) is 30.3 Å². The van der Waals surface area contributed by atoms with Gasteiger partial charge in [0.25, 0.3) is 5.69 Å². The van der Waals surface area contributed by atoms with Gasteiger partial charge in [-0.25, -0.2) is 4.79 Å². The fourth-order valence-corrected chi connectivity index (χ4v) is 2.40. The number of benzene rings is 2. The summed E-state index contributed by atoms with van der Waals surface area (Å²) in [5.41, 5.74) is 1.11. The van der Waals surface area contributed by atoms with E-state index in [1.807, 2.05) is 0 Å². The lowest BCUT2D eigenvalue weighted by Crippen LogP contribution is -2.25. The normalized spacial score (nSPS) is 11.4. The highest BCUT2D eigenvalue weighted by atomic mass is 16.6. The molecule has 2 aromatic rings. The van der Waals surface area contributed by atoms with Crippen molar-refractivity contribution in [2.45, 2.75) is 19.4 Å². The van der Waals surface area contributed by atoms with Crippen molar-refractivity contribution in [1.82, 2.24) is 0 Å². The van der Waals surface area contributed by atoms with Crippen LogP contribution in [0.2, 0.25) is 0 Å². The van der Waals surface area contributed by atoms with Gasteiger partial charge in [0.1, 0.15) is 6.61 Å². The summed E-state index contributed by atoms with van der Waals surface area (Å²) in [5.74, 6) is -4.27. The molecule has 0 aliphatic rings. The molecule has 0 aliphatic heterocycles. The molecule has 8 nitrogen and oxygen atoms in total. The molecule has 0 heterocycles. The van der Waals surface area contributed by atoms with Crippen molar-refractivity contribution in [2.24, 2.45) is 5.92 Å². The number of hydrogen-bond donors (Lipinski definition) is 1. The summed E-state index contributed by atoms with van der Waals surface area (Å²) in [5, 5.41) is 19.9. The van der Waals surface area contributed by atoms with Crippen molar-refractivity contribution in [2.75, 3.05) is 0 Å². The van der Waals surface area contributed by atoms with Crippen molar-refractivity contribution in [3.8, 4) is 0 Å². The van der Waals surface area contributed by atoms with Gasteiger partial charge < -0.3 is 9.84 Å². The predicted molar refractivity (Wildman–Crippen MR) is 93.8 cm³/mol. The average Bonchev–Trinajstić information content (AvgIpc) is 2.66. The Labute approximate surface area is 154 Å². The number of nitrogens with zero attached hydrogens (tertiary/aromatic N) is 1. The molecule has 0 amide bonds. The molecule has 1 unspecified atom stereocenters. The highest BCUT2D eigenvalue weighted by Crippen LogP contribution is 2.15. The Kier molecular flexibility index (Phi) is 6.76. The lowest BCUT2D eigenvalue weighted by molar-refractivity contribution is -0.384. The van der Waals surface area contributed by atoms with Crippen LogP contribution in [-0.4, -0.2) is 27.8 Å². The van der Waals surface area contributed by atoms with E-state index in [4.69, 9.17) is 4.74 Å². The number of ketones is 1. The van der Waals surface area contributed by atoms with Gasteiger partial charge in [0.15, 0.2) is 0 Å². The van der Waals surface area contributed by atoms with E-state index in [0.29, 0.717) is 5.56 Å². The highest BCUT2D eigenvalue weighted by Gasteiger charge is 2.26. The number of esters is 1. The quantitative estimate of drug-likeness (QED) is 0.311. The molecule has 1 N–H and O–H groups in total. The zero-order valence-corrected chi connectivity index (χ0v) is 14.2.